The molecule has 0 fully saturated rings. The summed E-state index contributed by atoms with van der Waals surface area (Å²) in [5, 5.41) is 1.55. The second kappa shape index (κ2) is 4.44. The van der Waals surface area contributed by atoms with E-state index in [9.17, 15) is 30.7 Å². The number of alkyl halides is 7. The zero-order valence-corrected chi connectivity index (χ0v) is 7.73. The predicted octanol–water partition coefficient (Wildman–Crippen LogP) is 3.31. The fourth-order valence-corrected chi connectivity index (χ4v) is 0.791. The van der Waals surface area contributed by atoms with Crippen LogP contribution < -0.4 is 0 Å². The lowest BCUT2D eigenvalue weighted by molar-refractivity contribution is -0.342. The van der Waals surface area contributed by atoms with E-state index in [-0.39, 0.29) is 0 Å². The number of nitrogens with zero attached hydrogens (tertiary/aromatic N) is 1. The van der Waals surface area contributed by atoms with Crippen molar-refractivity contribution < 1.29 is 30.7 Å². The molecule has 0 radical (unpaired) electrons. The van der Waals surface area contributed by atoms with Crippen molar-refractivity contribution in [2.45, 2.75) is 24.4 Å². The summed E-state index contributed by atoms with van der Waals surface area (Å²) in [7, 11) is 0. The summed E-state index contributed by atoms with van der Waals surface area (Å²) in [4.78, 5) is 2.81. The molecule has 0 amide bonds. The van der Waals surface area contributed by atoms with Crippen LogP contribution in [-0.2, 0) is 0 Å². The van der Waals surface area contributed by atoms with Crippen LogP contribution in [0.25, 0.3) is 0 Å². The van der Waals surface area contributed by atoms with Gasteiger partial charge in [-0.25, -0.2) is 9.38 Å². The van der Waals surface area contributed by atoms with Crippen molar-refractivity contribution in [1.82, 2.24) is 0 Å². The monoisotopic (exact) mass is 255 g/mol. The normalized spacial score (nSPS) is 13.5. The highest BCUT2D eigenvalue weighted by Gasteiger charge is 2.71. The van der Waals surface area contributed by atoms with Gasteiger partial charge in [0.15, 0.2) is 0 Å². The lowest BCUT2D eigenvalue weighted by atomic mass is 10.0. The van der Waals surface area contributed by atoms with Crippen molar-refractivity contribution in [3.63, 3.8) is 0 Å². The summed E-state index contributed by atoms with van der Waals surface area (Å²) in [5.41, 5.74) is -5.25. The Morgan fingerprint density at radius 3 is 1.60 bits per heavy atom. The second-order valence-electron chi connectivity index (χ2n) is 2.52. The van der Waals surface area contributed by atoms with E-state index in [1.165, 1.54) is 0 Å². The molecule has 0 bridgehead atoms. The molecule has 0 saturated carbocycles. The van der Waals surface area contributed by atoms with Crippen LogP contribution in [0.4, 0.5) is 30.7 Å². The van der Waals surface area contributed by atoms with Gasteiger partial charge in [0.25, 0.3) is 0 Å². The molecule has 0 heterocycles. The summed E-state index contributed by atoms with van der Waals surface area (Å²) >= 11 is 3.93. The van der Waals surface area contributed by atoms with Crippen molar-refractivity contribution in [3.05, 3.63) is 0 Å². The van der Waals surface area contributed by atoms with Crippen molar-refractivity contribution in [1.29, 1.82) is 0 Å². The van der Waals surface area contributed by atoms with Crippen LogP contribution in [0.2, 0.25) is 0 Å². The largest absolute Gasteiger partial charge is 0.431 e. The molecule has 0 aliphatic rings. The highest BCUT2D eigenvalue weighted by atomic mass is 32.1. The first-order chi connectivity index (χ1) is 6.56. The molecule has 0 aliphatic carbocycles. The Hall–Kier alpha value is -0.690. The molecule has 0 aliphatic heterocycles. The Bertz CT molecular complexity index is 248. The lowest BCUT2D eigenvalue weighted by Gasteiger charge is -2.29. The molecule has 0 rings (SSSR count). The van der Waals surface area contributed by atoms with Crippen LogP contribution in [-0.4, -0.2) is 29.7 Å². The van der Waals surface area contributed by atoms with Gasteiger partial charge in [-0.1, -0.05) is 0 Å². The average Bonchev–Trinajstić information content (AvgIpc) is 2.00. The fourth-order valence-electron chi connectivity index (χ4n) is 0.700. The molecular formula is C6H4F7NS. The molecule has 0 N–H and O–H groups in total. The molecule has 0 saturated heterocycles. The van der Waals surface area contributed by atoms with Gasteiger partial charge in [0.2, 0.25) is 0 Å². The molecule has 0 aromatic heterocycles. The molecule has 0 atom stereocenters. The van der Waals surface area contributed by atoms with E-state index in [0.717, 1.165) is 0 Å². The molecule has 0 spiro atoms. The maximum Gasteiger partial charge on any atom is 0.431 e. The van der Waals surface area contributed by atoms with Crippen LogP contribution in [0.3, 0.4) is 0 Å². The zero-order valence-electron chi connectivity index (χ0n) is 6.92. The standard InChI is InChI=1S/C6H4F7NS/c7-4(5(8,9)10,6(11,12)13)1-2-14-3-15/h1-2H2. The minimum Gasteiger partial charge on any atom is -0.232 e. The summed E-state index contributed by atoms with van der Waals surface area (Å²) < 4.78 is 83.8. The van der Waals surface area contributed by atoms with E-state index in [4.69, 9.17) is 0 Å². The van der Waals surface area contributed by atoms with Crippen LogP contribution in [0.15, 0.2) is 4.99 Å². The van der Waals surface area contributed by atoms with Gasteiger partial charge in [-0.15, -0.1) is 0 Å². The van der Waals surface area contributed by atoms with Crippen LogP contribution in [0.1, 0.15) is 6.42 Å². The van der Waals surface area contributed by atoms with Crippen LogP contribution >= 0.6 is 12.2 Å². The van der Waals surface area contributed by atoms with E-state index in [1.54, 1.807) is 5.16 Å². The lowest BCUT2D eigenvalue weighted by Crippen LogP contribution is -2.53. The van der Waals surface area contributed by atoms with Gasteiger partial charge < -0.3 is 0 Å². The molecule has 1 nitrogen and oxygen atoms in total. The minimum atomic E-state index is -6.03. The third kappa shape index (κ3) is 3.13. The zero-order chi connectivity index (χ0) is 12.3. The van der Waals surface area contributed by atoms with Gasteiger partial charge in [0, 0.05) is 6.42 Å². The highest BCUT2D eigenvalue weighted by molar-refractivity contribution is 7.78. The minimum absolute atomic E-state index is 1.03. The molecule has 0 aromatic rings. The smallest absolute Gasteiger partial charge is 0.232 e. The Balaban J connectivity index is 4.97. The Labute approximate surface area is 85.0 Å². The molecule has 9 heteroatoms. The molecule has 0 unspecified atom stereocenters. The third-order valence-electron chi connectivity index (χ3n) is 1.53. The maximum atomic E-state index is 12.8. The Morgan fingerprint density at radius 2 is 1.33 bits per heavy atom. The topological polar surface area (TPSA) is 12.4 Å². The summed E-state index contributed by atoms with van der Waals surface area (Å²) in [6.45, 7) is -1.03. The van der Waals surface area contributed by atoms with Gasteiger partial charge in [0.05, 0.1) is 11.7 Å². The van der Waals surface area contributed by atoms with Gasteiger partial charge in [-0.3, -0.25) is 0 Å². The first kappa shape index (κ1) is 14.3. The number of halogens is 7. The average molecular weight is 255 g/mol. The van der Waals surface area contributed by atoms with Crippen molar-refractivity contribution in [2.24, 2.45) is 4.99 Å². The summed E-state index contributed by atoms with van der Waals surface area (Å²) in [5.74, 6) is 0. The molecule has 0 aromatic carbocycles. The second-order valence-corrected chi connectivity index (χ2v) is 2.70. The quantitative estimate of drug-likeness (QED) is 0.428. The van der Waals surface area contributed by atoms with Gasteiger partial charge >= 0.3 is 18.0 Å². The summed E-state index contributed by atoms with van der Waals surface area (Å²) in [6, 6.07) is 0. The first-order valence-electron chi connectivity index (χ1n) is 3.42. The van der Waals surface area contributed by atoms with Crippen molar-refractivity contribution >= 4 is 17.4 Å². The van der Waals surface area contributed by atoms with E-state index in [2.05, 4.69) is 17.2 Å². The number of rotatable bonds is 3. The SMILES string of the molecule is FC(F)(F)C(F)(CCN=C=S)C(F)(F)F. The first-order valence-corrected chi connectivity index (χ1v) is 3.83. The van der Waals surface area contributed by atoms with E-state index in [0.29, 0.717) is 0 Å². The van der Waals surface area contributed by atoms with Crippen LogP contribution in [0.5, 0.6) is 0 Å². The molecule has 15 heavy (non-hydrogen) atoms. The van der Waals surface area contributed by atoms with Crippen molar-refractivity contribution in [3.8, 4) is 0 Å². The third-order valence-corrected chi connectivity index (χ3v) is 1.66. The Morgan fingerprint density at radius 1 is 0.933 bits per heavy atom. The number of isothiocyanates is 1. The molecular weight excluding hydrogens is 251 g/mol. The number of hydrogen-bond donors (Lipinski definition) is 0. The Kier molecular flexibility index (Phi) is 4.24. The maximum absolute atomic E-state index is 12.8. The number of aliphatic imine (C=N–C) groups is 1. The predicted molar refractivity (Wildman–Crippen MR) is 40.5 cm³/mol. The number of hydrogen-bond acceptors (Lipinski definition) is 2. The highest BCUT2D eigenvalue weighted by Crippen LogP contribution is 2.48. The van der Waals surface area contributed by atoms with E-state index < -0.39 is 31.0 Å². The van der Waals surface area contributed by atoms with Gasteiger partial charge in [-0.2, -0.15) is 26.3 Å². The number of thiocarbonyl (C=S) groups is 1. The van der Waals surface area contributed by atoms with Gasteiger partial charge in [-0.05, 0) is 12.2 Å². The summed E-state index contributed by atoms with van der Waals surface area (Å²) in [6.07, 6.45) is -13.9. The fraction of sp³-hybridized carbons (Fsp3) is 0.833. The van der Waals surface area contributed by atoms with E-state index >= 15 is 0 Å². The van der Waals surface area contributed by atoms with Gasteiger partial charge in [0.1, 0.15) is 0 Å². The van der Waals surface area contributed by atoms with Crippen LogP contribution in [0, 0.1) is 0 Å². The van der Waals surface area contributed by atoms with Crippen molar-refractivity contribution in [2.75, 3.05) is 6.54 Å². The molecule has 88 valence electrons. The van der Waals surface area contributed by atoms with E-state index in [1.807, 2.05) is 0 Å².